The first-order chi connectivity index (χ1) is 20.0. The van der Waals surface area contributed by atoms with Gasteiger partial charge in [-0.3, -0.25) is 4.79 Å². The first kappa shape index (κ1) is 28.2. The number of thioether (sulfide) groups is 1. The van der Waals surface area contributed by atoms with Gasteiger partial charge in [-0.25, -0.2) is 9.69 Å². The third-order valence-corrected chi connectivity index (χ3v) is 10.1. The molecule has 0 bridgehead atoms. The van der Waals surface area contributed by atoms with E-state index in [1.165, 1.54) is 37.8 Å². The van der Waals surface area contributed by atoms with E-state index in [1.54, 1.807) is 11.8 Å². The van der Waals surface area contributed by atoms with E-state index in [9.17, 15) is 9.59 Å². The summed E-state index contributed by atoms with van der Waals surface area (Å²) in [4.78, 5) is 33.8. The number of carbonyl (C=O) groups is 2. The Morgan fingerprint density at radius 3 is 2.20 bits per heavy atom. The second-order valence-electron chi connectivity index (χ2n) is 9.54. The van der Waals surface area contributed by atoms with E-state index in [1.807, 2.05) is 54.6 Å². The molecule has 0 spiro atoms. The number of nitrogens with zero attached hydrogens (tertiary/aromatic N) is 2. The topological polar surface area (TPSA) is 52.7 Å². The quantitative estimate of drug-likeness (QED) is 0.160. The molecule has 2 heterocycles. The summed E-state index contributed by atoms with van der Waals surface area (Å²) < 4.78 is 1.83. The Balaban J connectivity index is 1.18. The van der Waals surface area contributed by atoms with Gasteiger partial charge in [-0.1, -0.05) is 104 Å². The number of halogens is 2. The minimum absolute atomic E-state index is 0.298. The summed E-state index contributed by atoms with van der Waals surface area (Å²) in [5.74, 6) is -0.298. The van der Waals surface area contributed by atoms with E-state index in [-0.39, 0.29) is 11.9 Å². The minimum Gasteiger partial charge on any atom is -0.340 e. The molecule has 4 aromatic carbocycles. The van der Waals surface area contributed by atoms with Gasteiger partial charge in [-0.05, 0) is 72.2 Å². The van der Waals surface area contributed by atoms with Crippen LogP contribution in [0.2, 0.25) is 0 Å². The van der Waals surface area contributed by atoms with Crippen molar-refractivity contribution in [3.8, 4) is 0 Å². The maximum atomic E-state index is 13.6. The van der Waals surface area contributed by atoms with E-state index in [4.69, 9.17) is 0 Å². The minimum atomic E-state index is -0.462. The molecule has 1 atom stereocenters. The van der Waals surface area contributed by atoms with E-state index in [0.717, 1.165) is 33.0 Å². The molecule has 0 aliphatic carbocycles. The van der Waals surface area contributed by atoms with Crippen LogP contribution in [0.4, 0.5) is 16.2 Å². The Bertz CT molecular complexity index is 1620. The highest BCUT2D eigenvalue weighted by atomic mass is 79.9. The summed E-state index contributed by atoms with van der Waals surface area (Å²) in [5, 5.41) is 2.56. The van der Waals surface area contributed by atoms with E-state index in [0.29, 0.717) is 11.4 Å². The van der Waals surface area contributed by atoms with Gasteiger partial charge in [0.1, 0.15) is 5.37 Å². The molecular weight excluding hydrogens is 682 g/mol. The molecule has 2 aliphatic rings. The Kier molecular flexibility index (Phi) is 8.57. The first-order valence-electron chi connectivity index (χ1n) is 13.1. The predicted molar refractivity (Wildman–Crippen MR) is 175 cm³/mol. The van der Waals surface area contributed by atoms with Gasteiger partial charge in [0.15, 0.2) is 0 Å². The van der Waals surface area contributed by atoms with Crippen molar-refractivity contribution in [1.82, 2.24) is 10.2 Å². The van der Waals surface area contributed by atoms with Crippen molar-refractivity contribution in [1.29, 1.82) is 0 Å². The number of anilines is 2. The third kappa shape index (κ3) is 6.14. The lowest BCUT2D eigenvalue weighted by Gasteiger charge is -2.32. The number of imide groups is 1. The number of urea groups is 1. The third-order valence-electron chi connectivity index (χ3n) is 6.77. The van der Waals surface area contributed by atoms with Crippen LogP contribution in [0, 0.1) is 0 Å². The van der Waals surface area contributed by atoms with Crippen LogP contribution < -0.4 is 10.2 Å². The van der Waals surface area contributed by atoms with Crippen LogP contribution >= 0.6 is 55.4 Å². The second-order valence-corrected chi connectivity index (χ2v) is 13.6. The summed E-state index contributed by atoms with van der Waals surface area (Å²) >= 11 is 10.2. The van der Waals surface area contributed by atoms with Gasteiger partial charge in [-0.2, -0.15) is 0 Å². The number of hydrogen-bond acceptors (Lipinski definition) is 5. The van der Waals surface area contributed by atoms with Crippen molar-refractivity contribution in [3.05, 3.63) is 122 Å². The van der Waals surface area contributed by atoms with Gasteiger partial charge in [0, 0.05) is 31.8 Å². The zero-order chi connectivity index (χ0) is 28.3. The van der Waals surface area contributed by atoms with E-state index >= 15 is 0 Å². The molecule has 1 saturated heterocycles. The van der Waals surface area contributed by atoms with Gasteiger partial charge < -0.3 is 10.2 Å². The maximum Gasteiger partial charge on any atom is 0.325 e. The van der Waals surface area contributed by atoms with Gasteiger partial charge in [-0.15, -0.1) is 0 Å². The Morgan fingerprint density at radius 2 is 1.51 bits per heavy atom. The van der Waals surface area contributed by atoms with Crippen molar-refractivity contribution >= 4 is 84.8 Å². The Labute approximate surface area is 264 Å². The molecule has 9 heteroatoms. The molecule has 1 N–H and O–H groups in total. The molecule has 5 nitrogen and oxygen atoms in total. The number of carbonyl (C=O) groups excluding carboxylic acids is 2. The fourth-order valence-electron chi connectivity index (χ4n) is 4.91. The summed E-state index contributed by atoms with van der Waals surface area (Å²) in [6.07, 6.45) is 2.57. The Morgan fingerprint density at radius 1 is 0.854 bits per heavy atom. The van der Waals surface area contributed by atoms with Crippen LogP contribution in [-0.4, -0.2) is 29.9 Å². The highest BCUT2D eigenvalue weighted by Gasteiger charge is 2.41. The number of fused-ring (bicyclic) bond motifs is 2. The summed E-state index contributed by atoms with van der Waals surface area (Å²) in [6, 6.07) is 31.9. The molecule has 1 fully saturated rings. The Hall–Kier alpha value is -2.98. The number of nitrogens with one attached hydrogen (secondary N) is 1. The summed E-state index contributed by atoms with van der Waals surface area (Å²) in [7, 11) is 0. The van der Waals surface area contributed by atoms with Crippen LogP contribution in [0.25, 0.3) is 6.08 Å². The average Bonchev–Trinajstić information content (AvgIpc) is 3.30. The fourth-order valence-corrected chi connectivity index (χ4v) is 8.06. The summed E-state index contributed by atoms with van der Waals surface area (Å²) in [5.41, 5.74) is 4.12. The molecule has 6 rings (SSSR count). The van der Waals surface area contributed by atoms with Crippen molar-refractivity contribution in [2.24, 2.45) is 0 Å². The molecule has 0 saturated carbocycles. The first-order valence-corrected chi connectivity index (χ1v) is 16.4. The molecule has 0 radical (unpaired) electrons. The lowest BCUT2D eigenvalue weighted by molar-refractivity contribution is -0.123. The zero-order valence-corrected chi connectivity index (χ0v) is 26.6. The van der Waals surface area contributed by atoms with Crippen LogP contribution in [0.3, 0.4) is 0 Å². The smallest absolute Gasteiger partial charge is 0.325 e. The summed E-state index contributed by atoms with van der Waals surface area (Å²) in [6.45, 7) is 1.18. The normalized spacial score (nSPS) is 17.0. The van der Waals surface area contributed by atoms with Gasteiger partial charge in [0.25, 0.3) is 5.91 Å². The number of hydrogen-bond donors (Lipinski definition) is 1. The molecule has 206 valence electrons. The molecule has 1 unspecified atom stereocenters. The molecule has 0 aromatic heterocycles. The number of amides is 3. The van der Waals surface area contributed by atoms with Gasteiger partial charge in [0.2, 0.25) is 0 Å². The number of para-hydroxylation sites is 2. The molecule has 2 aliphatic heterocycles. The number of rotatable bonds is 6. The molecule has 4 aromatic rings. The van der Waals surface area contributed by atoms with Crippen LogP contribution in [0.5, 0.6) is 0 Å². The van der Waals surface area contributed by atoms with Crippen molar-refractivity contribution < 1.29 is 9.59 Å². The van der Waals surface area contributed by atoms with Crippen LogP contribution in [0.15, 0.2) is 121 Å². The van der Waals surface area contributed by atoms with Crippen molar-refractivity contribution in [2.75, 3.05) is 18.0 Å². The van der Waals surface area contributed by atoms with E-state index < -0.39 is 5.37 Å². The van der Waals surface area contributed by atoms with Crippen LogP contribution in [0.1, 0.15) is 22.9 Å². The largest absolute Gasteiger partial charge is 0.340 e. The number of benzene rings is 4. The average molecular weight is 708 g/mol. The van der Waals surface area contributed by atoms with Crippen LogP contribution in [-0.2, 0) is 4.79 Å². The highest BCUT2D eigenvalue weighted by molar-refractivity contribution is 9.10. The monoisotopic (exact) mass is 705 g/mol. The van der Waals surface area contributed by atoms with Gasteiger partial charge in [0.05, 0.1) is 16.3 Å². The standard InChI is InChI=1S/C32H25Br2N3O2S2/c33-23-10-5-8-21(18-23)19-29-30(38)37(31(41-29)22-9-6-11-24(34)20-22)32(39)35-16-7-17-36-25-12-1-3-14-27(25)40-28-15-4-2-13-26(28)36/h1-6,8-15,18-20,31H,7,16-17H2,(H,35,39)/b29-19+. The zero-order valence-electron chi connectivity index (χ0n) is 21.8. The van der Waals surface area contributed by atoms with E-state index in [2.05, 4.69) is 90.6 Å². The highest BCUT2D eigenvalue weighted by Crippen LogP contribution is 2.48. The fraction of sp³-hybridized carbons (Fsp3) is 0.125. The van der Waals surface area contributed by atoms with Gasteiger partial charge >= 0.3 is 6.03 Å². The molecular formula is C32H25Br2N3O2S2. The molecule has 3 amide bonds. The van der Waals surface area contributed by atoms with Crippen molar-refractivity contribution in [3.63, 3.8) is 0 Å². The SMILES string of the molecule is O=C(NCCCN1c2ccccc2Sc2ccccc21)N1C(=O)/C(=C\c2cccc(Br)c2)SC1c1cccc(Br)c1. The maximum absolute atomic E-state index is 13.6. The van der Waals surface area contributed by atoms with Crippen molar-refractivity contribution in [2.45, 2.75) is 21.6 Å². The lowest BCUT2D eigenvalue weighted by Crippen LogP contribution is -2.42. The second kappa shape index (κ2) is 12.5. The molecule has 41 heavy (non-hydrogen) atoms. The lowest BCUT2D eigenvalue weighted by atomic mass is 10.2. The predicted octanol–water partition coefficient (Wildman–Crippen LogP) is 9.23.